The highest BCUT2D eigenvalue weighted by molar-refractivity contribution is 9.10. The molecular weight excluding hydrogens is 332 g/mol. The number of nitrogens with one attached hydrogen (secondary N) is 2. The summed E-state index contributed by atoms with van der Waals surface area (Å²) in [5, 5.41) is 6.07. The minimum Gasteiger partial charge on any atom is -0.497 e. The number of amides is 1. The Balaban J connectivity index is 1.81. The summed E-state index contributed by atoms with van der Waals surface area (Å²) in [5.41, 5.74) is 1.71. The number of rotatable bonds is 6. The summed E-state index contributed by atoms with van der Waals surface area (Å²) >= 11 is 3.46. The van der Waals surface area contributed by atoms with Crippen LogP contribution in [0.1, 0.15) is 6.42 Å². The van der Waals surface area contributed by atoms with Gasteiger partial charge in [0.25, 0.3) is 0 Å². The molecule has 0 fully saturated rings. The Morgan fingerprint density at radius 2 is 2.00 bits per heavy atom. The van der Waals surface area contributed by atoms with Crippen LogP contribution < -0.4 is 15.4 Å². The van der Waals surface area contributed by atoms with Gasteiger partial charge in [0.15, 0.2) is 0 Å². The van der Waals surface area contributed by atoms with Crippen LogP contribution in [-0.2, 0) is 4.79 Å². The maximum atomic E-state index is 11.9. The van der Waals surface area contributed by atoms with Crippen molar-refractivity contribution >= 4 is 33.2 Å². The first kappa shape index (κ1) is 15.4. The minimum absolute atomic E-state index is 0.0391. The number of para-hydroxylation sites is 1. The van der Waals surface area contributed by atoms with E-state index >= 15 is 0 Å². The van der Waals surface area contributed by atoms with Crippen molar-refractivity contribution in [2.24, 2.45) is 0 Å². The number of benzene rings is 2. The maximum Gasteiger partial charge on any atom is 0.226 e. The molecule has 2 N–H and O–H groups in total. The van der Waals surface area contributed by atoms with Crippen LogP contribution in [-0.4, -0.2) is 19.6 Å². The van der Waals surface area contributed by atoms with Gasteiger partial charge in [0.2, 0.25) is 5.91 Å². The average Bonchev–Trinajstić information content (AvgIpc) is 2.49. The van der Waals surface area contributed by atoms with Gasteiger partial charge in [-0.05, 0) is 40.2 Å². The monoisotopic (exact) mass is 348 g/mol. The molecule has 0 aliphatic carbocycles. The largest absolute Gasteiger partial charge is 0.497 e. The van der Waals surface area contributed by atoms with Crippen molar-refractivity contribution in [2.75, 3.05) is 24.3 Å². The summed E-state index contributed by atoms with van der Waals surface area (Å²) in [6.07, 6.45) is 0.387. The van der Waals surface area contributed by atoms with Crippen LogP contribution in [0, 0.1) is 0 Å². The lowest BCUT2D eigenvalue weighted by Crippen LogP contribution is -2.16. The molecule has 0 atom stereocenters. The quantitative estimate of drug-likeness (QED) is 0.832. The minimum atomic E-state index is -0.0391. The first-order chi connectivity index (χ1) is 10.2. The van der Waals surface area contributed by atoms with Crippen LogP contribution in [0.5, 0.6) is 5.75 Å². The predicted molar refractivity (Wildman–Crippen MR) is 88.9 cm³/mol. The summed E-state index contributed by atoms with van der Waals surface area (Å²) in [6.45, 7) is 0.568. The van der Waals surface area contributed by atoms with Crippen molar-refractivity contribution in [1.29, 1.82) is 0 Å². The van der Waals surface area contributed by atoms with Crippen molar-refractivity contribution in [3.05, 3.63) is 53.0 Å². The third-order valence-electron chi connectivity index (χ3n) is 2.89. The molecule has 2 aromatic rings. The molecule has 0 radical (unpaired) electrons. The summed E-state index contributed by atoms with van der Waals surface area (Å²) in [6, 6.07) is 15.1. The fraction of sp³-hybridized carbons (Fsp3) is 0.188. The van der Waals surface area contributed by atoms with Gasteiger partial charge in [-0.3, -0.25) is 4.79 Å². The van der Waals surface area contributed by atoms with E-state index in [2.05, 4.69) is 26.6 Å². The van der Waals surface area contributed by atoms with Crippen molar-refractivity contribution in [2.45, 2.75) is 6.42 Å². The number of carbonyl (C=O) groups excluding carboxylic acids is 1. The van der Waals surface area contributed by atoms with Gasteiger partial charge < -0.3 is 15.4 Å². The third-order valence-corrected chi connectivity index (χ3v) is 3.59. The van der Waals surface area contributed by atoms with E-state index in [1.807, 2.05) is 42.5 Å². The summed E-state index contributed by atoms with van der Waals surface area (Å²) in [7, 11) is 1.60. The Morgan fingerprint density at radius 3 is 2.76 bits per heavy atom. The number of hydrogen-bond acceptors (Lipinski definition) is 3. The number of anilines is 2. The molecule has 0 unspecified atom stereocenters. The fourth-order valence-corrected chi connectivity index (χ4v) is 2.26. The van der Waals surface area contributed by atoms with Gasteiger partial charge in [-0.15, -0.1) is 0 Å². The molecule has 1 amide bonds. The molecule has 110 valence electrons. The molecule has 0 aromatic heterocycles. The van der Waals surface area contributed by atoms with Gasteiger partial charge in [0.05, 0.1) is 7.11 Å². The zero-order valence-electron chi connectivity index (χ0n) is 11.7. The average molecular weight is 349 g/mol. The Morgan fingerprint density at radius 1 is 1.19 bits per heavy atom. The van der Waals surface area contributed by atoms with Crippen LogP contribution in [0.3, 0.4) is 0 Å². The maximum absolute atomic E-state index is 11.9. The molecule has 0 heterocycles. The van der Waals surface area contributed by atoms with Crippen LogP contribution in [0.2, 0.25) is 0 Å². The fourth-order valence-electron chi connectivity index (χ4n) is 1.84. The van der Waals surface area contributed by atoms with Crippen LogP contribution in [0.15, 0.2) is 53.0 Å². The molecule has 21 heavy (non-hydrogen) atoms. The predicted octanol–water partition coefficient (Wildman–Crippen LogP) is 3.90. The lowest BCUT2D eigenvalue weighted by molar-refractivity contribution is -0.115. The standard InChI is InChI=1S/C16H17BrN2O2/c1-21-13-6-4-5-12(11-13)19-16(20)9-10-18-15-8-3-2-7-14(15)17/h2-8,11,18H,9-10H2,1H3,(H,19,20). The van der Waals surface area contributed by atoms with Crippen molar-refractivity contribution < 1.29 is 9.53 Å². The number of hydrogen-bond donors (Lipinski definition) is 2. The van der Waals surface area contributed by atoms with Gasteiger partial charge >= 0.3 is 0 Å². The molecule has 4 nitrogen and oxygen atoms in total. The molecule has 5 heteroatoms. The smallest absolute Gasteiger partial charge is 0.226 e. The highest BCUT2D eigenvalue weighted by atomic mass is 79.9. The van der Waals surface area contributed by atoms with Gasteiger partial charge in [-0.1, -0.05) is 18.2 Å². The summed E-state index contributed by atoms with van der Waals surface area (Å²) in [4.78, 5) is 11.9. The van der Waals surface area contributed by atoms with E-state index < -0.39 is 0 Å². The lowest BCUT2D eigenvalue weighted by Gasteiger charge is -2.09. The van der Waals surface area contributed by atoms with Gasteiger partial charge in [0.1, 0.15) is 5.75 Å². The third kappa shape index (κ3) is 4.79. The van der Waals surface area contributed by atoms with Crippen molar-refractivity contribution in [3.8, 4) is 5.75 Å². The Hall–Kier alpha value is -2.01. The molecule has 0 saturated heterocycles. The van der Waals surface area contributed by atoms with E-state index in [1.165, 1.54) is 0 Å². The SMILES string of the molecule is COc1cccc(NC(=O)CCNc2ccccc2Br)c1. The van der Waals surface area contributed by atoms with Gasteiger partial charge in [-0.25, -0.2) is 0 Å². The van der Waals surface area contributed by atoms with Crippen molar-refractivity contribution in [3.63, 3.8) is 0 Å². The topological polar surface area (TPSA) is 50.4 Å². The van der Waals surface area contributed by atoms with E-state index in [1.54, 1.807) is 13.2 Å². The number of ether oxygens (including phenoxy) is 1. The molecule has 0 bridgehead atoms. The number of halogens is 1. The van der Waals surface area contributed by atoms with E-state index in [9.17, 15) is 4.79 Å². The Labute approximate surface area is 132 Å². The molecule has 2 aromatic carbocycles. The molecule has 0 spiro atoms. The summed E-state index contributed by atoms with van der Waals surface area (Å²) in [5.74, 6) is 0.682. The molecular formula is C16H17BrN2O2. The molecule has 0 aliphatic heterocycles. The second kappa shape index (κ2) is 7.69. The van der Waals surface area contributed by atoms with Crippen LogP contribution >= 0.6 is 15.9 Å². The highest BCUT2D eigenvalue weighted by Gasteiger charge is 2.04. The van der Waals surface area contributed by atoms with E-state index in [4.69, 9.17) is 4.74 Å². The molecule has 0 aliphatic rings. The molecule has 2 rings (SSSR count). The van der Waals surface area contributed by atoms with E-state index in [-0.39, 0.29) is 5.91 Å². The first-order valence-electron chi connectivity index (χ1n) is 6.61. The Kier molecular flexibility index (Phi) is 5.63. The van der Waals surface area contributed by atoms with E-state index in [0.717, 1.165) is 21.6 Å². The number of methoxy groups -OCH3 is 1. The van der Waals surface area contributed by atoms with Crippen LogP contribution in [0.25, 0.3) is 0 Å². The lowest BCUT2D eigenvalue weighted by atomic mass is 10.2. The molecule has 0 saturated carbocycles. The van der Waals surface area contributed by atoms with Crippen LogP contribution in [0.4, 0.5) is 11.4 Å². The highest BCUT2D eigenvalue weighted by Crippen LogP contribution is 2.21. The Bertz CT molecular complexity index is 617. The normalized spacial score (nSPS) is 10.0. The zero-order chi connectivity index (χ0) is 15.1. The second-order valence-electron chi connectivity index (χ2n) is 4.44. The second-order valence-corrected chi connectivity index (χ2v) is 5.29. The number of carbonyl (C=O) groups is 1. The van der Waals surface area contributed by atoms with Crippen molar-refractivity contribution in [1.82, 2.24) is 0 Å². The van der Waals surface area contributed by atoms with Gasteiger partial charge in [-0.2, -0.15) is 0 Å². The van der Waals surface area contributed by atoms with E-state index in [0.29, 0.717) is 13.0 Å². The summed E-state index contributed by atoms with van der Waals surface area (Å²) < 4.78 is 6.10. The van der Waals surface area contributed by atoms with Gasteiger partial charge in [0, 0.05) is 34.9 Å². The first-order valence-corrected chi connectivity index (χ1v) is 7.40. The zero-order valence-corrected chi connectivity index (χ0v) is 13.3.